The summed E-state index contributed by atoms with van der Waals surface area (Å²) in [5, 5.41) is 2.28. The molecular formula is C8H12N2O3. The topological polar surface area (TPSA) is 61.9 Å². The molecule has 5 heteroatoms. The average Bonchev–Trinajstić information content (AvgIpc) is 2.78. The van der Waals surface area contributed by atoms with Crippen molar-refractivity contribution < 1.29 is 14.3 Å². The molecule has 2 heterocycles. The lowest BCUT2D eigenvalue weighted by atomic mass is 10.0. The summed E-state index contributed by atoms with van der Waals surface area (Å²) in [5.41, 5.74) is -0.733. The minimum absolute atomic E-state index is 0.121. The van der Waals surface area contributed by atoms with Crippen molar-refractivity contribution >= 4 is 11.9 Å². The highest BCUT2D eigenvalue weighted by Gasteiger charge is 2.47. The molecule has 2 aliphatic heterocycles. The average molecular weight is 184 g/mol. The van der Waals surface area contributed by atoms with E-state index in [0.29, 0.717) is 13.2 Å². The fourth-order valence-electron chi connectivity index (χ4n) is 1.38. The van der Waals surface area contributed by atoms with Crippen molar-refractivity contribution in [2.75, 3.05) is 13.2 Å². The predicted octanol–water partition coefficient (Wildman–Crippen LogP) is -0.284. The first-order valence-electron chi connectivity index (χ1n) is 4.26. The molecule has 0 aromatic heterocycles. The summed E-state index contributed by atoms with van der Waals surface area (Å²) in [6.45, 7) is 4.66. The van der Waals surface area contributed by atoms with Crippen LogP contribution in [0.25, 0.3) is 0 Å². The monoisotopic (exact) mass is 184 g/mol. The number of nitrogens with one attached hydrogen (secondary N) is 1. The van der Waals surface area contributed by atoms with Gasteiger partial charge in [-0.2, -0.15) is 0 Å². The zero-order valence-corrected chi connectivity index (χ0v) is 7.66. The van der Waals surface area contributed by atoms with Crippen LogP contribution in [0.2, 0.25) is 0 Å². The molecule has 1 N–H and O–H groups in total. The van der Waals surface area contributed by atoms with E-state index in [-0.39, 0.29) is 18.0 Å². The summed E-state index contributed by atoms with van der Waals surface area (Å²) in [4.78, 5) is 24.1. The maximum atomic E-state index is 11.3. The Hall–Kier alpha value is -1.10. The number of amides is 3. The SMILES string of the molecule is CC1(C)C(=O)NC(=O)N1CC1CO1. The fraction of sp³-hybridized carbons (Fsp3) is 0.750. The molecule has 2 saturated heterocycles. The molecular weight excluding hydrogens is 172 g/mol. The molecule has 0 bridgehead atoms. The van der Waals surface area contributed by atoms with Crippen LogP contribution in [0.3, 0.4) is 0 Å². The van der Waals surface area contributed by atoms with Gasteiger partial charge in [-0.05, 0) is 13.8 Å². The number of carbonyl (C=O) groups is 2. The number of nitrogens with zero attached hydrogens (tertiary/aromatic N) is 1. The lowest BCUT2D eigenvalue weighted by Gasteiger charge is -2.26. The van der Waals surface area contributed by atoms with Crippen molar-refractivity contribution in [3.63, 3.8) is 0 Å². The first-order chi connectivity index (χ1) is 6.01. The lowest BCUT2D eigenvalue weighted by Crippen LogP contribution is -2.45. The zero-order valence-electron chi connectivity index (χ0n) is 7.66. The van der Waals surface area contributed by atoms with Crippen LogP contribution in [0.4, 0.5) is 4.79 Å². The highest BCUT2D eigenvalue weighted by Crippen LogP contribution is 2.23. The first-order valence-corrected chi connectivity index (χ1v) is 4.26. The van der Waals surface area contributed by atoms with Gasteiger partial charge in [0.05, 0.1) is 19.3 Å². The molecule has 3 amide bonds. The number of imide groups is 1. The maximum absolute atomic E-state index is 11.3. The summed E-state index contributed by atoms with van der Waals surface area (Å²) in [7, 11) is 0. The summed E-state index contributed by atoms with van der Waals surface area (Å²) < 4.78 is 5.01. The van der Waals surface area contributed by atoms with Crippen LogP contribution in [-0.2, 0) is 9.53 Å². The van der Waals surface area contributed by atoms with Crippen molar-refractivity contribution in [1.29, 1.82) is 0 Å². The van der Waals surface area contributed by atoms with Crippen LogP contribution in [0.15, 0.2) is 0 Å². The Labute approximate surface area is 76.0 Å². The molecule has 0 radical (unpaired) electrons. The molecule has 5 nitrogen and oxygen atoms in total. The maximum Gasteiger partial charge on any atom is 0.325 e. The van der Waals surface area contributed by atoms with Crippen LogP contribution < -0.4 is 5.32 Å². The number of hydrogen-bond donors (Lipinski definition) is 1. The third-order valence-electron chi connectivity index (χ3n) is 2.48. The Bertz CT molecular complexity index is 271. The van der Waals surface area contributed by atoms with Gasteiger partial charge in [0.2, 0.25) is 0 Å². The van der Waals surface area contributed by atoms with Crippen LogP contribution in [0.1, 0.15) is 13.8 Å². The van der Waals surface area contributed by atoms with Crippen LogP contribution in [0.5, 0.6) is 0 Å². The van der Waals surface area contributed by atoms with E-state index < -0.39 is 5.54 Å². The number of hydrogen-bond acceptors (Lipinski definition) is 3. The number of epoxide rings is 1. The molecule has 2 rings (SSSR count). The molecule has 72 valence electrons. The normalized spacial score (nSPS) is 30.6. The van der Waals surface area contributed by atoms with Gasteiger partial charge in [-0.25, -0.2) is 4.79 Å². The van der Waals surface area contributed by atoms with Crippen LogP contribution in [0, 0.1) is 0 Å². The standard InChI is InChI=1S/C8H12N2O3/c1-8(2)6(11)9-7(12)10(8)3-5-4-13-5/h5H,3-4H2,1-2H3,(H,9,11,12). The molecule has 0 aliphatic carbocycles. The third kappa shape index (κ3) is 1.29. The Kier molecular flexibility index (Phi) is 1.60. The third-order valence-corrected chi connectivity index (χ3v) is 2.48. The molecule has 0 aromatic rings. The Morgan fingerprint density at radius 3 is 2.62 bits per heavy atom. The molecule has 2 aliphatic rings. The van der Waals surface area contributed by atoms with Crippen LogP contribution >= 0.6 is 0 Å². The second kappa shape index (κ2) is 2.45. The van der Waals surface area contributed by atoms with Gasteiger partial charge in [-0.3, -0.25) is 10.1 Å². The minimum atomic E-state index is -0.733. The fourth-order valence-corrected chi connectivity index (χ4v) is 1.38. The molecule has 0 aromatic carbocycles. The van der Waals surface area contributed by atoms with E-state index in [9.17, 15) is 9.59 Å². The van der Waals surface area contributed by atoms with Gasteiger partial charge in [0.1, 0.15) is 5.54 Å². The second-order valence-corrected chi connectivity index (χ2v) is 3.88. The highest BCUT2D eigenvalue weighted by atomic mass is 16.6. The van der Waals surface area contributed by atoms with Crippen molar-refractivity contribution in [3.8, 4) is 0 Å². The van der Waals surface area contributed by atoms with E-state index in [0.717, 1.165) is 0 Å². The number of urea groups is 1. The van der Waals surface area contributed by atoms with Gasteiger partial charge in [-0.15, -0.1) is 0 Å². The molecule has 0 saturated carbocycles. The Balaban J connectivity index is 2.13. The molecule has 1 unspecified atom stereocenters. The van der Waals surface area contributed by atoms with E-state index in [1.165, 1.54) is 4.90 Å². The molecule has 1 atom stereocenters. The van der Waals surface area contributed by atoms with Gasteiger partial charge in [-0.1, -0.05) is 0 Å². The zero-order chi connectivity index (χ0) is 9.64. The van der Waals surface area contributed by atoms with Gasteiger partial charge in [0.25, 0.3) is 5.91 Å². The van der Waals surface area contributed by atoms with Crippen molar-refractivity contribution in [2.45, 2.75) is 25.5 Å². The lowest BCUT2D eigenvalue weighted by molar-refractivity contribution is -0.125. The summed E-state index contributed by atoms with van der Waals surface area (Å²) in [5.74, 6) is -0.238. The molecule has 2 fully saturated rings. The Morgan fingerprint density at radius 2 is 2.23 bits per heavy atom. The molecule has 13 heavy (non-hydrogen) atoms. The van der Waals surface area contributed by atoms with Gasteiger partial charge in [0, 0.05) is 0 Å². The van der Waals surface area contributed by atoms with Crippen molar-refractivity contribution in [2.24, 2.45) is 0 Å². The van der Waals surface area contributed by atoms with Crippen LogP contribution in [-0.4, -0.2) is 41.6 Å². The van der Waals surface area contributed by atoms with E-state index >= 15 is 0 Å². The van der Waals surface area contributed by atoms with Gasteiger partial charge in [0.15, 0.2) is 0 Å². The van der Waals surface area contributed by atoms with Crippen molar-refractivity contribution in [1.82, 2.24) is 10.2 Å². The number of carbonyl (C=O) groups excluding carboxylic acids is 2. The van der Waals surface area contributed by atoms with E-state index in [1.807, 2.05) is 0 Å². The number of ether oxygens (including phenoxy) is 1. The predicted molar refractivity (Wildman–Crippen MR) is 44.1 cm³/mol. The summed E-state index contributed by atoms with van der Waals surface area (Å²) in [6, 6.07) is -0.314. The van der Waals surface area contributed by atoms with E-state index in [1.54, 1.807) is 13.8 Å². The largest absolute Gasteiger partial charge is 0.371 e. The quantitative estimate of drug-likeness (QED) is 0.474. The van der Waals surface area contributed by atoms with E-state index in [2.05, 4.69) is 5.32 Å². The summed E-state index contributed by atoms with van der Waals surface area (Å²) >= 11 is 0. The Morgan fingerprint density at radius 1 is 1.62 bits per heavy atom. The van der Waals surface area contributed by atoms with E-state index in [4.69, 9.17) is 4.74 Å². The van der Waals surface area contributed by atoms with Gasteiger partial charge >= 0.3 is 6.03 Å². The second-order valence-electron chi connectivity index (χ2n) is 3.88. The van der Waals surface area contributed by atoms with Crippen molar-refractivity contribution in [3.05, 3.63) is 0 Å². The summed E-state index contributed by atoms with van der Waals surface area (Å²) in [6.07, 6.45) is 0.121. The highest BCUT2D eigenvalue weighted by molar-refractivity contribution is 6.06. The first kappa shape index (κ1) is 8.50. The molecule has 0 spiro atoms. The van der Waals surface area contributed by atoms with Gasteiger partial charge < -0.3 is 9.64 Å². The smallest absolute Gasteiger partial charge is 0.325 e. The number of rotatable bonds is 2. The minimum Gasteiger partial charge on any atom is -0.371 e.